The van der Waals surface area contributed by atoms with Gasteiger partial charge >= 0.3 is 0 Å². The highest BCUT2D eigenvalue weighted by atomic mass is 19.1. The third-order valence-corrected chi connectivity index (χ3v) is 6.24. The summed E-state index contributed by atoms with van der Waals surface area (Å²) in [7, 11) is 0. The van der Waals surface area contributed by atoms with Crippen molar-refractivity contribution in [3.63, 3.8) is 0 Å². The van der Waals surface area contributed by atoms with Gasteiger partial charge in [0.2, 0.25) is 17.2 Å². The SMILES string of the molecule is CCn1cc(C(=O)Nc2cccc(NC(C)=O)c2)c(=O)c2cc(F)c(N3CCN(C(C)=O)CC3)cc21. The molecule has 0 aliphatic carbocycles. The number of benzene rings is 2. The van der Waals surface area contributed by atoms with Crippen molar-refractivity contribution in [1.29, 1.82) is 0 Å². The minimum Gasteiger partial charge on any atom is -0.366 e. The van der Waals surface area contributed by atoms with Gasteiger partial charge in [-0.1, -0.05) is 6.07 Å². The highest BCUT2D eigenvalue weighted by molar-refractivity contribution is 6.06. The van der Waals surface area contributed by atoms with Gasteiger partial charge in [-0.05, 0) is 37.3 Å². The second-order valence-corrected chi connectivity index (χ2v) is 8.69. The maximum absolute atomic E-state index is 15.2. The molecule has 0 saturated carbocycles. The summed E-state index contributed by atoms with van der Waals surface area (Å²) in [6, 6.07) is 9.38. The average molecular weight is 494 g/mol. The van der Waals surface area contributed by atoms with E-state index < -0.39 is 17.2 Å². The Bertz CT molecular complexity index is 1410. The molecule has 36 heavy (non-hydrogen) atoms. The first kappa shape index (κ1) is 24.9. The van der Waals surface area contributed by atoms with E-state index in [9.17, 15) is 19.2 Å². The Balaban J connectivity index is 1.67. The predicted molar refractivity (Wildman–Crippen MR) is 137 cm³/mol. The van der Waals surface area contributed by atoms with Crippen LogP contribution in [-0.2, 0) is 16.1 Å². The number of pyridine rings is 1. The third-order valence-electron chi connectivity index (χ3n) is 6.24. The number of carbonyl (C=O) groups excluding carboxylic acids is 3. The molecule has 2 aromatic carbocycles. The fraction of sp³-hybridized carbons (Fsp3) is 0.308. The molecule has 10 heteroatoms. The highest BCUT2D eigenvalue weighted by Crippen LogP contribution is 2.26. The van der Waals surface area contributed by atoms with Crippen molar-refractivity contribution in [2.24, 2.45) is 0 Å². The van der Waals surface area contributed by atoms with Crippen LogP contribution in [0.2, 0.25) is 0 Å². The van der Waals surface area contributed by atoms with Crippen molar-refractivity contribution in [2.45, 2.75) is 27.3 Å². The van der Waals surface area contributed by atoms with Gasteiger partial charge in [-0.25, -0.2) is 4.39 Å². The van der Waals surface area contributed by atoms with Crippen LogP contribution in [-0.4, -0.2) is 53.4 Å². The lowest BCUT2D eigenvalue weighted by molar-refractivity contribution is -0.129. The van der Waals surface area contributed by atoms with Gasteiger partial charge in [0.1, 0.15) is 11.4 Å². The molecule has 188 valence electrons. The van der Waals surface area contributed by atoms with E-state index in [0.717, 1.165) is 0 Å². The molecule has 9 nitrogen and oxygen atoms in total. The zero-order chi connectivity index (χ0) is 26.0. The molecule has 0 atom stereocenters. The van der Waals surface area contributed by atoms with Crippen LogP contribution in [0, 0.1) is 5.82 Å². The molecule has 3 aromatic rings. The fourth-order valence-corrected chi connectivity index (χ4v) is 4.40. The van der Waals surface area contributed by atoms with Crippen molar-refractivity contribution in [1.82, 2.24) is 9.47 Å². The van der Waals surface area contributed by atoms with Crippen molar-refractivity contribution in [3.05, 3.63) is 64.2 Å². The molecule has 0 bridgehead atoms. The maximum atomic E-state index is 15.2. The molecular formula is C26H28FN5O4. The summed E-state index contributed by atoms with van der Waals surface area (Å²) in [6.45, 7) is 7.18. The molecule has 1 aliphatic heterocycles. The molecular weight excluding hydrogens is 465 g/mol. The molecule has 2 N–H and O–H groups in total. The number of nitrogens with one attached hydrogen (secondary N) is 2. The lowest BCUT2D eigenvalue weighted by Crippen LogP contribution is -2.48. The van der Waals surface area contributed by atoms with E-state index in [4.69, 9.17) is 0 Å². The number of rotatable bonds is 5. The van der Waals surface area contributed by atoms with Crippen LogP contribution in [0.5, 0.6) is 0 Å². The van der Waals surface area contributed by atoms with E-state index in [0.29, 0.717) is 55.3 Å². The Morgan fingerprint density at radius 2 is 1.64 bits per heavy atom. The third kappa shape index (κ3) is 5.07. The number of hydrogen-bond acceptors (Lipinski definition) is 5. The van der Waals surface area contributed by atoms with Gasteiger partial charge < -0.3 is 25.0 Å². The van der Waals surface area contributed by atoms with Crippen molar-refractivity contribution in [2.75, 3.05) is 41.7 Å². The minimum absolute atomic E-state index is 0.0129. The normalized spacial score (nSPS) is 13.6. The molecule has 1 fully saturated rings. The first-order valence-electron chi connectivity index (χ1n) is 11.7. The van der Waals surface area contributed by atoms with E-state index in [1.165, 1.54) is 26.1 Å². The minimum atomic E-state index is -0.631. The van der Waals surface area contributed by atoms with Crippen LogP contribution >= 0.6 is 0 Å². The number of fused-ring (bicyclic) bond motifs is 1. The van der Waals surface area contributed by atoms with Crippen LogP contribution in [0.3, 0.4) is 0 Å². The van der Waals surface area contributed by atoms with Crippen LogP contribution in [0.1, 0.15) is 31.1 Å². The van der Waals surface area contributed by atoms with E-state index in [-0.39, 0.29) is 22.8 Å². The van der Waals surface area contributed by atoms with Crippen LogP contribution in [0.4, 0.5) is 21.5 Å². The van der Waals surface area contributed by atoms with E-state index in [2.05, 4.69) is 10.6 Å². The van der Waals surface area contributed by atoms with Crippen molar-refractivity contribution >= 4 is 45.7 Å². The van der Waals surface area contributed by atoms with Gasteiger partial charge in [0.25, 0.3) is 5.91 Å². The number of aromatic nitrogens is 1. The van der Waals surface area contributed by atoms with Gasteiger partial charge in [0.05, 0.1) is 11.2 Å². The molecule has 0 radical (unpaired) electrons. The number of carbonyl (C=O) groups is 3. The number of hydrogen-bond donors (Lipinski definition) is 2. The number of anilines is 3. The fourth-order valence-electron chi connectivity index (χ4n) is 4.40. The summed E-state index contributed by atoms with van der Waals surface area (Å²) in [5.74, 6) is -1.45. The summed E-state index contributed by atoms with van der Waals surface area (Å²) in [5.41, 5.74) is 1.11. The predicted octanol–water partition coefficient (Wildman–Crippen LogP) is 3.04. The molecule has 2 heterocycles. The smallest absolute Gasteiger partial charge is 0.261 e. The molecule has 0 spiro atoms. The van der Waals surface area contributed by atoms with Gasteiger partial charge in [0.15, 0.2) is 0 Å². The van der Waals surface area contributed by atoms with Gasteiger partial charge in [-0.2, -0.15) is 0 Å². The van der Waals surface area contributed by atoms with Crippen LogP contribution < -0.4 is 21.0 Å². The molecule has 0 unspecified atom stereocenters. The average Bonchev–Trinajstić information content (AvgIpc) is 2.84. The summed E-state index contributed by atoms with van der Waals surface area (Å²) in [5, 5.41) is 5.43. The summed E-state index contributed by atoms with van der Waals surface area (Å²) >= 11 is 0. The number of nitrogens with zero attached hydrogens (tertiary/aromatic N) is 3. The zero-order valence-electron chi connectivity index (χ0n) is 20.4. The largest absolute Gasteiger partial charge is 0.366 e. The number of piperazine rings is 1. The Kier molecular flexibility index (Phi) is 7.05. The van der Waals surface area contributed by atoms with Gasteiger partial charge in [-0.15, -0.1) is 0 Å². The standard InChI is InChI=1S/C26H28FN5O4/c1-4-30-15-21(26(36)29-19-7-5-6-18(12-19)28-16(2)33)25(35)20-13-22(27)24(14-23(20)30)32-10-8-31(9-11-32)17(3)34/h5-7,12-15H,4,8-11H2,1-3H3,(H,28,33)(H,29,36). The van der Waals surface area contributed by atoms with Gasteiger partial charge in [0, 0.05) is 69.5 Å². The number of amides is 3. The topological polar surface area (TPSA) is 104 Å². The van der Waals surface area contributed by atoms with E-state index >= 15 is 4.39 Å². The van der Waals surface area contributed by atoms with E-state index in [1.807, 2.05) is 11.8 Å². The number of halogens is 1. The van der Waals surface area contributed by atoms with E-state index in [1.54, 1.807) is 39.8 Å². The monoisotopic (exact) mass is 493 g/mol. The zero-order valence-corrected chi connectivity index (χ0v) is 20.4. The lowest BCUT2D eigenvalue weighted by Gasteiger charge is -2.36. The lowest BCUT2D eigenvalue weighted by atomic mass is 10.1. The summed E-state index contributed by atoms with van der Waals surface area (Å²) < 4.78 is 16.9. The Labute approximate surface area is 207 Å². The Morgan fingerprint density at radius 3 is 2.25 bits per heavy atom. The first-order valence-corrected chi connectivity index (χ1v) is 11.7. The van der Waals surface area contributed by atoms with Gasteiger partial charge in [-0.3, -0.25) is 19.2 Å². The maximum Gasteiger partial charge on any atom is 0.261 e. The van der Waals surface area contributed by atoms with Crippen LogP contribution in [0.15, 0.2) is 47.4 Å². The molecule has 1 aliphatic rings. The summed E-state index contributed by atoms with van der Waals surface area (Å²) in [6.07, 6.45) is 1.48. The quantitative estimate of drug-likeness (QED) is 0.569. The first-order chi connectivity index (χ1) is 17.2. The molecule has 3 amide bonds. The second-order valence-electron chi connectivity index (χ2n) is 8.69. The highest BCUT2D eigenvalue weighted by Gasteiger charge is 2.23. The Hall–Kier alpha value is -4.21. The van der Waals surface area contributed by atoms with Crippen LogP contribution in [0.25, 0.3) is 10.9 Å². The van der Waals surface area contributed by atoms with Crippen molar-refractivity contribution in [3.8, 4) is 0 Å². The molecule has 4 rings (SSSR count). The Morgan fingerprint density at radius 1 is 0.972 bits per heavy atom. The molecule has 1 aromatic heterocycles. The molecule has 1 saturated heterocycles. The second kappa shape index (κ2) is 10.2. The summed E-state index contributed by atoms with van der Waals surface area (Å²) in [4.78, 5) is 52.8. The van der Waals surface area contributed by atoms with Crippen molar-refractivity contribution < 1.29 is 18.8 Å². The number of aryl methyl sites for hydroxylation is 1.